The molecule has 0 amide bonds. The highest BCUT2D eigenvalue weighted by Gasteiger charge is 2.13. The smallest absolute Gasteiger partial charge is 0.205 e. The maximum atomic E-state index is 5.67. The van der Waals surface area contributed by atoms with Gasteiger partial charge in [0.05, 0.1) is 27.0 Å². The molecule has 80 valence electrons. The van der Waals surface area contributed by atoms with Gasteiger partial charge in [-0.3, -0.25) is 0 Å². The lowest BCUT2D eigenvalue weighted by Gasteiger charge is -2.13. The lowest BCUT2D eigenvalue weighted by Crippen LogP contribution is -1.98. The summed E-state index contributed by atoms with van der Waals surface area (Å²) in [4.78, 5) is 0. The van der Waals surface area contributed by atoms with Crippen molar-refractivity contribution in [3.05, 3.63) is 12.1 Å². The van der Waals surface area contributed by atoms with E-state index in [9.17, 15) is 0 Å². The quantitative estimate of drug-likeness (QED) is 0.756. The molecule has 0 fully saturated rings. The molecular weight excluding hydrogens is 182 g/mol. The minimum absolute atomic E-state index is 0. The highest BCUT2D eigenvalue weighted by Crippen LogP contribution is 2.40. The van der Waals surface area contributed by atoms with Crippen LogP contribution in [0.3, 0.4) is 0 Å². The van der Waals surface area contributed by atoms with E-state index in [2.05, 4.69) is 0 Å². The average molecular weight is 199 g/mol. The molecule has 1 aromatic rings. The molecule has 4 nitrogen and oxygen atoms in total. The van der Waals surface area contributed by atoms with E-state index in [4.69, 9.17) is 19.9 Å². The van der Waals surface area contributed by atoms with Crippen molar-refractivity contribution in [3.63, 3.8) is 0 Å². The molecule has 0 bridgehead atoms. The van der Waals surface area contributed by atoms with Crippen LogP contribution in [0.15, 0.2) is 12.1 Å². The fourth-order valence-electron chi connectivity index (χ4n) is 1.12. The average Bonchev–Trinajstić information content (AvgIpc) is 2.17. The molecule has 0 aromatic heterocycles. The molecule has 0 saturated carbocycles. The Morgan fingerprint density at radius 1 is 0.929 bits per heavy atom. The molecule has 0 aliphatic heterocycles. The number of methoxy groups -OCH3 is 3. The van der Waals surface area contributed by atoms with E-state index in [0.29, 0.717) is 22.9 Å². The van der Waals surface area contributed by atoms with Gasteiger partial charge in [-0.05, 0) is 12.1 Å². The number of hydrogen-bond acceptors (Lipinski definition) is 4. The van der Waals surface area contributed by atoms with E-state index in [0.717, 1.165) is 0 Å². The van der Waals surface area contributed by atoms with Crippen LogP contribution in [0.4, 0.5) is 5.69 Å². The predicted octanol–water partition coefficient (Wildman–Crippen LogP) is 1.93. The van der Waals surface area contributed by atoms with Gasteiger partial charge in [-0.25, -0.2) is 0 Å². The van der Waals surface area contributed by atoms with Crippen molar-refractivity contribution in [3.8, 4) is 17.2 Å². The Hall–Kier alpha value is -1.58. The summed E-state index contributed by atoms with van der Waals surface area (Å²) < 4.78 is 15.3. The number of rotatable bonds is 3. The summed E-state index contributed by atoms with van der Waals surface area (Å²) in [5.74, 6) is 1.63. The molecule has 0 aliphatic rings. The molecule has 14 heavy (non-hydrogen) atoms. The topological polar surface area (TPSA) is 53.7 Å². The lowest BCUT2D eigenvalue weighted by molar-refractivity contribution is 0.325. The van der Waals surface area contributed by atoms with Gasteiger partial charge in [0.25, 0.3) is 0 Å². The van der Waals surface area contributed by atoms with Crippen LogP contribution in [-0.4, -0.2) is 21.3 Å². The van der Waals surface area contributed by atoms with E-state index >= 15 is 0 Å². The highest BCUT2D eigenvalue weighted by molar-refractivity contribution is 5.65. The number of anilines is 1. The first-order valence-electron chi connectivity index (χ1n) is 3.79. The van der Waals surface area contributed by atoms with Crippen molar-refractivity contribution in [1.29, 1.82) is 0 Å². The summed E-state index contributed by atoms with van der Waals surface area (Å²) in [5, 5.41) is 0. The van der Waals surface area contributed by atoms with E-state index in [-0.39, 0.29) is 7.43 Å². The third-order valence-electron chi connectivity index (χ3n) is 1.73. The first-order chi connectivity index (χ1) is 6.24. The Morgan fingerprint density at radius 2 is 1.50 bits per heavy atom. The van der Waals surface area contributed by atoms with Gasteiger partial charge in [-0.1, -0.05) is 7.43 Å². The zero-order chi connectivity index (χ0) is 9.84. The van der Waals surface area contributed by atoms with Crippen LogP contribution in [0.5, 0.6) is 17.2 Å². The van der Waals surface area contributed by atoms with Gasteiger partial charge in [-0.15, -0.1) is 0 Å². The minimum atomic E-state index is 0. The number of hydrogen-bond donors (Lipinski definition) is 1. The molecule has 0 spiro atoms. The zero-order valence-electron chi connectivity index (χ0n) is 7.96. The second kappa shape index (κ2) is 5.21. The van der Waals surface area contributed by atoms with E-state index in [1.165, 1.54) is 7.11 Å². The Kier molecular flexibility index (Phi) is 4.63. The minimum Gasteiger partial charge on any atom is -0.493 e. The molecule has 4 heteroatoms. The summed E-state index contributed by atoms with van der Waals surface area (Å²) in [6, 6.07) is 3.44. The molecule has 0 radical (unpaired) electrons. The van der Waals surface area contributed by atoms with Crippen LogP contribution in [0.1, 0.15) is 7.43 Å². The second-order valence-electron chi connectivity index (χ2n) is 2.42. The first kappa shape index (κ1) is 12.4. The second-order valence-corrected chi connectivity index (χ2v) is 2.42. The van der Waals surface area contributed by atoms with Gasteiger partial charge in [0.2, 0.25) is 5.75 Å². The van der Waals surface area contributed by atoms with Crippen LogP contribution in [0.25, 0.3) is 0 Å². The zero-order valence-corrected chi connectivity index (χ0v) is 7.96. The number of nitrogen functional groups attached to an aromatic ring is 1. The van der Waals surface area contributed by atoms with Gasteiger partial charge in [0, 0.05) is 0 Å². The maximum Gasteiger partial charge on any atom is 0.205 e. The van der Waals surface area contributed by atoms with Gasteiger partial charge in [0.1, 0.15) is 0 Å². The summed E-state index contributed by atoms with van der Waals surface area (Å²) in [5.41, 5.74) is 6.20. The molecule has 0 heterocycles. The Balaban J connectivity index is 0.00000169. The fraction of sp³-hybridized carbons (Fsp3) is 0.400. The SMILES string of the molecule is C.COc1ccc(N)c(OC)c1OC. The molecule has 1 rings (SSSR count). The van der Waals surface area contributed by atoms with E-state index in [1.54, 1.807) is 26.4 Å². The number of ether oxygens (including phenoxy) is 3. The number of nitrogens with two attached hydrogens (primary N) is 1. The third kappa shape index (κ3) is 2.02. The standard InChI is InChI=1S/C9H13NO3.CH4/c1-11-7-5-4-6(10)8(12-2)9(7)13-3;/h4-5H,10H2,1-3H3;1H4. The van der Waals surface area contributed by atoms with Crippen LogP contribution in [0.2, 0.25) is 0 Å². The van der Waals surface area contributed by atoms with Crippen LogP contribution in [0, 0.1) is 0 Å². The van der Waals surface area contributed by atoms with E-state index in [1.807, 2.05) is 0 Å². The first-order valence-corrected chi connectivity index (χ1v) is 3.79. The Labute approximate surface area is 84.6 Å². The fourth-order valence-corrected chi connectivity index (χ4v) is 1.12. The molecule has 0 unspecified atom stereocenters. The van der Waals surface area contributed by atoms with Crippen molar-refractivity contribution in [2.75, 3.05) is 27.1 Å². The van der Waals surface area contributed by atoms with Gasteiger partial charge >= 0.3 is 0 Å². The van der Waals surface area contributed by atoms with Gasteiger partial charge in [-0.2, -0.15) is 0 Å². The van der Waals surface area contributed by atoms with E-state index < -0.39 is 0 Å². The van der Waals surface area contributed by atoms with Gasteiger partial charge < -0.3 is 19.9 Å². The van der Waals surface area contributed by atoms with Crippen LogP contribution in [-0.2, 0) is 0 Å². The van der Waals surface area contributed by atoms with Gasteiger partial charge in [0.15, 0.2) is 11.5 Å². The summed E-state index contributed by atoms with van der Waals surface area (Å²) in [6.07, 6.45) is 0. The highest BCUT2D eigenvalue weighted by atomic mass is 16.5. The van der Waals surface area contributed by atoms with Crippen LogP contribution >= 0.6 is 0 Å². The predicted molar refractivity (Wildman–Crippen MR) is 57.2 cm³/mol. The summed E-state index contributed by atoms with van der Waals surface area (Å²) in [7, 11) is 4.64. The van der Waals surface area contributed by atoms with Crippen molar-refractivity contribution >= 4 is 5.69 Å². The Morgan fingerprint density at radius 3 is 1.93 bits per heavy atom. The normalized spacial score (nSPS) is 8.79. The monoisotopic (exact) mass is 199 g/mol. The van der Waals surface area contributed by atoms with Crippen molar-refractivity contribution in [1.82, 2.24) is 0 Å². The third-order valence-corrected chi connectivity index (χ3v) is 1.73. The summed E-state index contributed by atoms with van der Waals surface area (Å²) >= 11 is 0. The molecule has 1 aromatic carbocycles. The lowest BCUT2D eigenvalue weighted by atomic mass is 10.2. The molecule has 0 saturated heterocycles. The van der Waals surface area contributed by atoms with Crippen molar-refractivity contribution < 1.29 is 14.2 Å². The maximum absolute atomic E-state index is 5.67. The number of benzene rings is 1. The summed E-state index contributed by atoms with van der Waals surface area (Å²) in [6.45, 7) is 0. The largest absolute Gasteiger partial charge is 0.493 e. The Bertz CT molecular complexity index is 300. The van der Waals surface area contributed by atoms with Crippen LogP contribution < -0.4 is 19.9 Å². The molecule has 0 aliphatic carbocycles. The van der Waals surface area contributed by atoms with Crippen molar-refractivity contribution in [2.24, 2.45) is 0 Å². The molecular formula is C10H17NO3. The molecule has 2 N–H and O–H groups in total. The van der Waals surface area contributed by atoms with Crippen molar-refractivity contribution in [2.45, 2.75) is 7.43 Å². The molecule has 0 atom stereocenters.